The number of hydrogen-bond acceptors (Lipinski definition) is 3. The Hall–Kier alpha value is -1.40. The van der Waals surface area contributed by atoms with E-state index in [1.165, 1.54) is 17.7 Å². The van der Waals surface area contributed by atoms with Gasteiger partial charge >= 0.3 is 0 Å². The van der Waals surface area contributed by atoms with Crippen molar-refractivity contribution in [3.05, 3.63) is 64.7 Å². The van der Waals surface area contributed by atoms with Gasteiger partial charge in [0.25, 0.3) is 0 Å². The summed E-state index contributed by atoms with van der Waals surface area (Å²) in [7, 11) is 0.461. The highest BCUT2D eigenvalue weighted by atomic mass is 35.5. The van der Waals surface area contributed by atoms with Crippen molar-refractivity contribution in [2.24, 2.45) is 0 Å². The van der Waals surface area contributed by atoms with E-state index in [1.807, 2.05) is 38.4 Å². The van der Waals surface area contributed by atoms with Crippen molar-refractivity contribution in [2.75, 3.05) is 14.1 Å². The summed E-state index contributed by atoms with van der Waals surface area (Å²) < 4.78 is 27.0. The summed E-state index contributed by atoms with van der Waals surface area (Å²) in [4.78, 5) is 2.25. The molecule has 0 spiro atoms. The molecule has 118 valence electrons. The average molecular weight is 339 g/mol. The molecule has 0 bridgehead atoms. The Kier molecular flexibility index (Phi) is 5.58. The zero-order chi connectivity index (χ0) is 16.2. The monoisotopic (exact) mass is 338 g/mol. The van der Waals surface area contributed by atoms with Crippen LogP contribution in [0.15, 0.2) is 53.4 Å². The van der Waals surface area contributed by atoms with Gasteiger partial charge in [0.1, 0.15) is 0 Å². The Morgan fingerprint density at radius 2 is 1.68 bits per heavy atom. The van der Waals surface area contributed by atoms with Crippen LogP contribution in [0.25, 0.3) is 0 Å². The van der Waals surface area contributed by atoms with Crippen LogP contribution in [0.4, 0.5) is 0 Å². The van der Waals surface area contributed by atoms with Gasteiger partial charge in [-0.05, 0) is 43.4 Å². The van der Waals surface area contributed by atoms with Crippen molar-refractivity contribution in [1.82, 2.24) is 9.62 Å². The van der Waals surface area contributed by atoms with Gasteiger partial charge in [0, 0.05) is 18.1 Å². The Morgan fingerprint density at radius 1 is 1.05 bits per heavy atom. The van der Waals surface area contributed by atoms with E-state index >= 15 is 0 Å². The summed E-state index contributed by atoms with van der Waals surface area (Å²) in [5.41, 5.74) is 2.10. The molecule has 0 heterocycles. The predicted octanol–water partition coefficient (Wildman–Crippen LogP) is 2.88. The van der Waals surface area contributed by atoms with Gasteiger partial charge in [-0.15, -0.1) is 0 Å². The number of sulfonamides is 1. The number of rotatable bonds is 6. The molecule has 0 saturated carbocycles. The maximum absolute atomic E-state index is 12.2. The minimum atomic E-state index is -3.55. The van der Waals surface area contributed by atoms with Crippen molar-refractivity contribution >= 4 is 21.6 Å². The van der Waals surface area contributed by atoms with Crippen molar-refractivity contribution in [3.63, 3.8) is 0 Å². The molecule has 0 atom stereocenters. The fourth-order valence-electron chi connectivity index (χ4n) is 2.02. The van der Waals surface area contributed by atoms with Crippen LogP contribution >= 0.6 is 11.6 Å². The van der Waals surface area contributed by atoms with Crippen LogP contribution in [0.1, 0.15) is 11.1 Å². The number of benzene rings is 2. The standard InChI is InChI=1S/C16H19ClN2O2S/c1-19(2)12-14-8-6-13(7-9-14)11-18-22(20,21)16-5-3-4-15(17)10-16/h3-10,18H,11-12H2,1-2H3. The second-order valence-electron chi connectivity index (χ2n) is 5.34. The molecular weight excluding hydrogens is 320 g/mol. The van der Waals surface area contributed by atoms with Crippen LogP contribution in [0.2, 0.25) is 5.02 Å². The van der Waals surface area contributed by atoms with Crippen molar-refractivity contribution in [3.8, 4) is 0 Å². The first-order chi connectivity index (χ1) is 10.4. The Morgan fingerprint density at radius 3 is 2.27 bits per heavy atom. The molecule has 0 saturated heterocycles. The van der Waals surface area contributed by atoms with Crippen LogP contribution in [-0.2, 0) is 23.1 Å². The van der Waals surface area contributed by atoms with E-state index in [4.69, 9.17) is 11.6 Å². The average Bonchev–Trinajstić information content (AvgIpc) is 2.46. The molecule has 2 aromatic rings. The SMILES string of the molecule is CN(C)Cc1ccc(CNS(=O)(=O)c2cccc(Cl)c2)cc1. The first kappa shape index (κ1) is 17.0. The van der Waals surface area contributed by atoms with Gasteiger partial charge in [-0.1, -0.05) is 41.9 Å². The van der Waals surface area contributed by atoms with Gasteiger partial charge in [-0.2, -0.15) is 0 Å². The van der Waals surface area contributed by atoms with Gasteiger partial charge in [0.15, 0.2) is 0 Å². The van der Waals surface area contributed by atoms with Crippen LogP contribution in [0, 0.1) is 0 Å². The van der Waals surface area contributed by atoms with Crippen LogP contribution in [0.5, 0.6) is 0 Å². The minimum absolute atomic E-state index is 0.171. The smallest absolute Gasteiger partial charge is 0.240 e. The van der Waals surface area contributed by atoms with Crippen molar-refractivity contribution in [2.45, 2.75) is 18.0 Å². The molecule has 6 heteroatoms. The third-order valence-electron chi connectivity index (χ3n) is 3.09. The van der Waals surface area contributed by atoms with Gasteiger partial charge in [0.05, 0.1) is 4.90 Å². The fourth-order valence-corrected chi connectivity index (χ4v) is 3.34. The second kappa shape index (κ2) is 7.24. The van der Waals surface area contributed by atoms with Crippen molar-refractivity contribution in [1.29, 1.82) is 0 Å². The lowest BCUT2D eigenvalue weighted by Gasteiger charge is -2.11. The number of halogens is 1. The number of hydrogen-bond donors (Lipinski definition) is 1. The van der Waals surface area contributed by atoms with E-state index in [9.17, 15) is 8.42 Å². The number of nitrogens with one attached hydrogen (secondary N) is 1. The summed E-state index contributed by atoms with van der Waals surface area (Å²) in [5.74, 6) is 0. The van der Waals surface area contributed by atoms with E-state index in [0.717, 1.165) is 12.1 Å². The lowest BCUT2D eigenvalue weighted by molar-refractivity contribution is 0.402. The molecule has 2 aromatic carbocycles. The summed E-state index contributed by atoms with van der Waals surface area (Å²) in [5, 5.41) is 0.399. The largest absolute Gasteiger partial charge is 0.305 e. The summed E-state index contributed by atoms with van der Waals surface area (Å²) in [6.07, 6.45) is 0. The quantitative estimate of drug-likeness (QED) is 0.881. The molecule has 22 heavy (non-hydrogen) atoms. The first-order valence-electron chi connectivity index (χ1n) is 6.84. The second-order valence-corrected chi connectivity index (χ2v) is 7.54. The van der Waals surface area contributed by atoms with E-state index in [-0.39, 0.29) is 11.4 Å². The first-order valence-corrected chi connectivity index (χ1v) is 8.71. The van der Waals surface area contributed by atoms with Gasteiger partial charge < -0.3 is 4.90 Å². The molecule has 4 nitrogen and oxygen atoms in total. The molecule has 0 amide bonds. The maximum Gasteiger partial charge on any atom is 0.240 e. The zero-order valence-corrected chi connectivity index (χ0v) is 14.2. The molecule has 2 rings (SSSR count). The molecule has 0 unspecified atom stereocenters. The highest BCUT2D eigenvalue weighted by molar-refractivity contribution is 7.89. The van der Waals surface area contributed by atoms with Crippen LogP contribution in [-0.4, -0.2) is 27.4 Å². The molecule has 0 radical (unpaired) electrons. The zero-order valence-electron chi connectivity index (χ0n) is 12.6. The lowest BCUT2D eigenvalue weighted by atomic mass is 10.1. The van der Waals surface area contributed by atoms with E-state index < -0.39 is 10.0 Å². The summed E-state index contributed by atoms with van der Waals surface area (Å²) >= 11 is 5.83. The minimum Gasteiger partial charge on any atom is -0.305 e. The Labute approximate surface area is 136 Å². The number of nitrogens with zero attached hydrogens (tertiary/aromatic N) is 1. The third-order valence-corrected chi connectivity index (χ3v) is 4.73. The Bertz CT molecular complexity index is 728. The molecule has 0 aliphatic rings. The van der Waals surface area contributed by atoms with E-state index in [2.05, 4.69) is 9.62 Å². The van der Waals surface area contributed by atoms with E-state index in [0.29, 0.717) is 5.02 Å². The molecule has 0 aliphatic heterocycles. The summed E-state index contributed by atoms with van der Waals surface area (Å²) in [6.45, 7) is 1.10. The fraction of sp³-hybridized carbons (Fsp3) is 0.250. The molecule has 0 aromatic heterocycles. The predicted molar refractivity (Wildman–Crippen MR) is 89.3 cm³/mol. The molecule has 0 aliphatic carbocycles. The highest BCUT2D eigenvalue weighted by Gasteiger charge is 2.13. The molecule has 0 fully saturated rings. The van der Waals surface area contributed by atoms with Crippen LogP contribution in [0.3, 0.4) is 0 Å². The highest BCUT2D eigenvalue weighted by Crippen LogP contribution is 2.15. The topological polar surface area (TPSA) is 49.4 Å². The Balaban J connectivity index is 2.03. The van der Waals surface area contributed by atoms with E-state index in [1.54, 1.807) is 12.1 Å². The lowest BCUT2D eigenvalue weighted by Crippen LogP contribution is -2.23. The maximum atomic E-state index is 12.2. The van der Waals surface area contributed by atoms with Gasteiger partial charge in [0.2, 0.25) is 10.0 Å². The van der Waals surface area contributed by atoms with Gasteiger partial charge in [-0.25, -0.2) is 13.1 Å². The molecular formula is C16H19ClN2O2S. The van der Waals surface area contributed by atoms with Gasteiger partial charge in [-0.3, -0.25) is 0 Å². The van der Waals surface area contributed by atoms with Crippen LogP contribution < -0.4 is 4.72 Å². The van der Waals surface area contributed by atoms with Crippen molar-refractivity contribution < 1.29 is 8.42 Å². The summed E-state index contributed by atoms with van der Waals surface area (Å²) in [6, 6.07) is 14.1. The molecule has 1 N–H and O–H groups in total. The third kappa shape index (κ3) is 4.81. The normalized spacial score (nSPS) is 11.8.